The molecule has 4 saturated carbocycles. The number of alkyl halides is 3. The molecule has 4 rings (SSSR count). The van der Waals surface area contributed by atoms with E-state index in [2.05, 4.69) is 5.32 Å². The van der Waals surface area contributed by atoms with E-state index in [9.17, 15) is 18.0 Å². The van der Waals surface area contributed by atoms with Crippen LogP contribution in [0.15, 0.2) is 0 Å². The largest absolute Gasteiger partial charge is 0.392 e. The van der Waals surface area contributed by atoms with Crippen LogP contribution in [-0.4, -0.2) is 35.9 Å². The van der Waals surface area contributed by atoms with Crippen molar-refractivity contribution in [2.45, 2.75) is 55.5 Å². The Bertz CT molecular complexity index is 390. The first-order chi connectivity index (χ1) is 8.70. The Morgan fingerprint density at radius 3 is 2.30 bits per heavy atom. The molecule has 0 saturated heterocycles. The zero-order valence-electron chi connectivity index (χ0n) is 10.8. The Balaban J connectivity index is 0.00000147. The van der Waals surface area contributed by atoms with E-state index in [0.29, 0.717) is 0 Å². The van der Waals surface area contributed by atoms with E-state index >= 15 is 0 Å². The van der Waals surface area contributed by atoms with Crippen LogP contribution in [0, 0.1) is 5.92 Å². The number of nitrogens with two attached hydrogens (primary N) is 1. The number of carbonyl (C=O) groups excluding carboxylic acids is 1. The lowest BCUT2D eigenvalue weighted by atomic mass is 9.44. The number of carbonyl (C=O) groups is 1. The summed E-state index contributed by atoms with van der Waals surface area (Å²) in [6.07, 6.45) is -2.25. The van der Waals surface area contributed by atoms with Crippen molar-refractivity contribution in [2.24, 2.45) is 11.7 Å². The van der Waals surface area contributed by atoms with Gasteiger partial charge in [0.05, 0.1) is 12.0 Å². The minimum Gasteiger partial charge on any atom is -0.368 e. The fourth-order valence-electron chi connectivity index (χ4n) is 3.49. The molecule has 4 aliphatic carbocycles. The van der Waals surface area contributed by atoms with Gasteiger partial charge in [0.25, 0.3) is 0 Å². The Kier molecular flexibility index (Phi) is 3.76. The Morgan fingerprint density at radius 2 is 1.85 bits per heavy atom. The van der Waals surface area contributed by atoms with Gasteiger partial charge >= 0.3 is 6.18 Å². The van der Waals surface area contributed by atoms with E-state index in [0.717, 1.165) is 19.3 Å². The van der Waals surface area contributed by atoms with Crippen LogP contribution in [0.1, 0.15) is 32.1 Å². The van der Waals surface area contributed by atoms with E-state index in [1.54, 1.807) is 0 Å². The van der Waals surface area contributed by atoms with Crippen molar-refractivity contribution in [1.29, 1.82) is 0 Å². The quantitative estimate of drug-likeness (QED) is 0.827. The van der Waals surface area contributed by atoms with Crippen LogP contribution in [0.3, 0.4) is 0 Å². The number of hydrogen-bond acceptors (Lipinski definition) is 3. The lowest BCUT2D eigenvalue weighted by molar-refractivity contribution is -0.219. The second kappa shape index (κ2) is 4.74. The van der Waals surface area contributed by atoms with Gasteiger partial charge in [0.2, 0.25) is 5.91 Å². The average Bonchev–Trinajstić information content (AvgIpc) is 2.08. The molecule has 0 aromatic heterocycles. The van der Waals surface area contributed by atoms with Gasteiger partial charge in [0.1, 0.15) is 6.61 Å². The maximum Gasteiger partial charge on any atom is 0.392 e. The molecule has 0 radical (unpaired) electrons. The van der Waals surface area contributed by atoms with E-state index in [1.165, 1.54) is 0 Å². The Labute approximate surface area is 121 Å². The maximum absolute atomic E-state index is 12.2. The average molecular weight is 315 g/mol. The third kappa shape index (κ3) is 2.76. The molecule has 4 fully saturated rings. The first-order valence-electron chi connectivity index (χ1n) is 6.48. The second-order valence-electron chi connectivity index (χ2n) is 6.36. The van der Waals surface area contributed by atoms with Gasteiger partial charge in [-0.05, 0) is 32.1 Å². The minimum absolute atomic E-state index is 0. The molecule has 0 atom stereocenters. The standard InChI is InChI=1S/C12H17F3N2O2.ClH/c13-12(14,15)7-1-8(2-7)19-3-9(18)17-11-4-10(16,5-11)6-11;/h7-8H,1-6,16H2,(H,17,18);1H. The molecule has 0 heterocycles. The van der Waals surface area contributed by atoms with Crippen molar-refractivity contribution in [2.75, 3.05) is 6.61 Å². The number of halogens is 4. The van der Waals surface area contributed by atoms with Gasteiger partial charge in [-0.1, -0.05) is 0 Å². The summed E-state index contributed by atoms with van der Waals surface area (Å²) in [6, 6.07) is 0. The molecule has 2 bridgehead atoms. The molecule has 8 heteroatoms. The zero-order valence-corrected chi connectivity index (χ0v) is 11.6. The number of amides is 1. The maximum atomic E-state index is 12.2. The third-order valence-electron chi connectivity index (χ3n) is 4.48. The minimum atomic E-state index is -4.14. The molecule has 20 heavy (non-hydrogen) atoms. The van der Waals surface area contributed by atoms with Gasteiger partial charge in [0.15, 0.2) is 0 Å². The van der Waals surface area contributed by atoms with E-state index in [4.69, 9.17) is 10.5 Å². The molecule has 4 nitrogen and oxygen atoms in total. The van der Waals surface area contributed by atoms with Gasteiger partial charge in [-0.2, -0.15) is 13.2 Å². The highest BCUT2D eigenvalue weighted by Gasteiger charge is 2.66. The third-order valence-corrected chi connectivity index (χ3v) is 4.48. The van der Waals surface area contributed by atoms with E-state index < -0.39 is 18.2 Å². The number of ether oxygens (including phenoxy) is 1. The van der Waals surface area contributed by atoms with Crippen LogP contribution >= 0.6 is 12.4 Å². The molecule has 0 aromatic carbocycles. The second-order valence-corrected chi connectivity index (χ2v) is 6.36. The molecule has 116 valence electrons. The fourth-order valence-corrected chi connectivity index (χ4v) is 3.49. The van der Waals surface area contributed by atoms with Crippen molar-refractivity contribution in [3.63, 3.8) is 0 Å². The number of rotatable bonds is 4. The summed E-state index contributed by atoms with van der Waals surface area (Å²) in [4.78, 5) is 11.6. The summed E-state index contributed by atoms with van der Waals surface area (Å²) >= 11 is 0. The van der Waals surface area contributed by atoms with Gasteiger partial charge in [-0.15, -0.1) is 12.4 Å². The highest BCUT2D eigenvalue weighted by Crippen LogP contribution is 2.58. The van der Waals surface area contributed by atoms with Gasteiger partial charge in [-0.3, -0.25) is 4.79 Å². The summed E-state index contributed by atoms with van der Waals surface area (Å²) in [5.41, 5.74) is 5.64. The summed E-state index contributed by atoms with van der Waals surface area (Å²) in [5, 5.41) is 2.86. The van der Waals surface area contributed by atoms with Crippen LogP contribution in [0.4, 0.5) is 13.2 Å². The van der Waals surface area contributed by atoms with Crippen LogP contribution in [0.2, 0.25) is 0 Å². The van der Waals surface area contributed by atoms with Gasteiger partial charge < -0.3 is 15.8 Å². The fraction of sp³-hybridized carbons (Fsp3) is 0.917. The first kappa shape index (κ1) is 15.9. The predicted octanol–water partition coefficient (Wildman–Crippen LogP) is 1.52. The molecule has 0 spiro atoms. The lowest BCUT2D eigenvalue weighted by Crippen LogP contribution is -2.82. The molecular weight excluding hydrogens is 297 g/mol. The molecule has 0 aromatic rings. The van der Waals surface area contributed by atoms with Crippen molar-refractivity contribution in [1.82, 2.24) is 5.32 Å². The molecule has 1 amide bonds. The Morgan fingerprint density at radius 1 is 1.30 bits per heavy atom. The molecule has 3 N–H and O–H groups in total. The first-order valence-corrected chi connectivity index (χ1v) is 6.48. The van der Waals surface area contributed by atoms with Crippen molar-refractivity contribution in [3.8, 4) is 0 Å². The highest BCUT2D eigenvalue weighted by atomic mass is 35.5. The van der Waals surface area contributed by atoms with E-state index in [-0.39, 0.29) is 48.8 Å². The topological polar surface area (TPSA) is 64.3 Å². The van der Waals surface area contributed by atoms with Crippen LogP contribution in [-0.2, 0) is 9.53 Å². The normalized spacial score (nSPS) is 41.6. The summed E-state index contributed by atoms with van der Waals surface area (Å²) < 4.78 is 41.9. The Hall–Kier alpha value is -0.530. The van der Waals surface area contributed by atoms with Crippen molar-refractivity contribution < 1.29 is 22.7 Å². The SMILES string of the molecule is Cl.NC12CC(NC(=O)COC3CC(C(F)(F)F)C3)(C1)C2. The monoisotopic (exact) mass is 314 g/mol. The summed E-state index contributed by atoms with van der Waals surface area (Å²) in [5.74, 6) is -1.52. The zero-order chi connectivity index (χ0) is 13.9. The van der Waals surface area contributed by atoms with Crippen LogP contribution in [0.5, 0.6) is 0 Å². The molecule has 0 unspecified atom stereocenters. The van der Waals surface area contributed by atoms with Crippen LogP contribution in [0.25, 0.3) is 0 Å². The van der Waals surface area contributed by atoms with E-state index in [1.807, 2.05) is 0 Å². The predicted molar refractivity (Wildman–Crippen MR) is 67.4 cm³/mol. The van der Waals surface area contributed by atoms with Crippen molar-refractivity contribution in [3.05, 3.63) is 0 Å². The molecule has 0 aliphatic heterocycles. The molecule has 4 aliphatic rings. The van der Waals surface area contributed by atoms with Gasteiger partial charge in [0, 0.05) is 11.1 Å². The summed E-state index contributed by atoms with van der Waals surface area (Å²) in [6.45, 7) is -0.158. The number of hydrogen-bond donors (Lipinski definition) is 2. The van der Waals surface area contributed by atoms with Crippen molar-refractivity contribution >= 4 is 18.3 Å². The lowest BCUT2D eigenvalue weighted by Gasteiger charge is -2.68. The van der Waals surface area contributed by atoms with Crippen LogP contribution < -0.4 is 11.1 Å². The summed E-state index contributed by atoms with van der Waals surface area (Å²) in [7, 11) is 0. The van der Waals surface area contributed by atoms with Gasteiger partial charge in [-0.25, -0.2) is 0 Å². The smallest absolute Gasteiger partial charge is 0.368 e. The highest BCUT2D eigenvalue weighted by molar-refractivity contribution is 5.85. The molecular formula is C12H18ClF3N2O2. The number of nitrogens with one attached hydrogen (secondary N) is 1.